The molecule has 0 saturated carbocycles. The van der Waals surface area contributed by atoms with E-state index >= 15 is 0 Å². The number of cyclic esters (lactones) is 1. The van der Waals surface area contributed by atoms with Crippen LogP contribution in [0.2, 0.25) is 0 Å². The molecule has 0 bridgehead atoms. The van der Waals surface area contributed by atoms with Gasteiger partial charge in [0.2, 0.25) is 10.0 Å². The van der Waals surface area contributed by atoms with Gasteiger partial charge >= 0.3 is 6.09 Å². The van der Waals surface area contributed by atoms with E-state index in [-0.39, 0.29) is 18.2 Å². The monoisotopic (exact) mass is 352 g/mol. The molecule has 2 aliphatic rings. The second-order valence-electron chi connectivity index (χ2n) is 6.51. The van der Waals surface area contributed by atoms with Crippen molar-refractivity contribution in [1.82, 2.24) is 9.21 Å². The van der Waals surface area contributed by atoms with E-state index in [4.69, 9.17) is 4.74 Å². The predicted molar refractivity (Wildman–Crippen MR) is 90.2 cm³/mol. The Labute approximate surface area is 143 Å². The van der Waals surface area contributed by atoms with Crippen molar-refractivity contribution in [2.24, 2.45) is 0 Å². The molecule has 1 atom stereocenters. The number of nitrogens with zero attached hydrogens (tertiary/aromatic N) is 2. The van der Waals surface area contributed by atoms with Crippen molar-refractivity contribution >= 4 is 16.1 Å². The quantitative estimate of drug-likeness (QED) is 0.834. The van der Waals surface area contributed by atoms with Crippen molar-refractivity contribution in [3.63, 3.8) is 0 Å². The molecule has 0 spiro atoms. The Hall–Kier alpha value is -1.60. The van der Waals surface area contributed by atoms with E-state index in [1.54, 1.807) is 17.0 Å². The number of aryl methyl sites for hydroxylation is 1. The van der Waals surface area contributed by atoms with Gasteiger partial charge in [-0.1, -0.05) is 24.6 Å². The van der Waals surface area contributed by atoms with E-state index in [1.807, 2.05) is 26.0 Å². The lowest BCUT2D eigenvalue weighted by Crippen LogP contribution is -2.47. The second-order valence-corrected chi connectivity index (χ2v) is 8.45. The summed E-state index contributed by atoms with van der Waals surface area (Å²) in [5, 5.41) is 0. The Morgan fingerprint density at radius 3 is 2.33 bits per heavy atom. The maximum atomic E-state index is 12.7. The Balaban J connectivity index is 1.64. The lowest BCUT2D eigenvalue weighted by Gasteiger charge is -2.34. The van der Waals surface area contributed by atoms with Crippen LogP contribution in [0.15, 0.2) is 29.2 Å². The largest absolute Gasteiger partial charge is 0.444 e. The van der Waals surface area contributed by atoms with Crippen LogP contribution in [0.25, 0.3) is 0 Å². The summed E-state index contributed by atoms with van der Waals surface area (Å²) < 4.78 is 32.2. The lowest BCUT2D eigenvalue weighted by molar-refractivity contribution is 0.120. The van der Waals surface area contributed by atoms with Crippen LogP contribution in [0.1, 0.15) is 31.7 Å². The molecule has 0 aliphatic carbocycles. The van der Waals surface area contributed by atoms with Crippen LogP contribution in [-0.2, 0) is 14.8 Å². The number of carbonyl (C=O) groups is 1. The first kappa shape index (κ1) is 17.2. The normalized spacial score (nSPS) is 23.5. The van der Waals surface area contributed by atoms with Crippen molar-refractivity contribution in [2.75, 3.05) is 19.6 Å². The van der Waals surface area contributed by atoms with Gasteiger partial charge in [0.15, 0.2) is 0 Å². The van der Waals surface area contributed by atoms with Crippen LogP contribution in [0, 0.1) is 6.92 Å². The zero-order chi connectivity index (χ0) is 17.3. The zero-order valence-electron chi connectivity index (χ0n) is 14.1. The molecule has 1 aromatic carbocycles. The molecule has 3 rings (SSSR count). The summed E-state index contributed by atoms with van der Waals surface area (Å²) in [4.78, 5) is 14.0. The number of sulfonamides is 1. The van der Waals surface area contributed by atoms with Gasteiger partial charge in [-0.25, -0.2) is 13.2 Å². The van der Waals surface area contributed by atoms with Crippen LogP contribution < -0.4 is 0 Å². The van der Waals surface area contributed by atoms with E-state index in [0.29, 0.717) is 37.4 Å². The standard InChI is InChI=1S/C17H24N2O4S/c1-3-15-12-19(17(20)23-15)14-8-10-18(11-9-14)24(21,22)16-6-4-13(2)5-7-16/h4-7,14-15H,3,8-12H2,1-2H3. The molecule has 1 amide bonds. The third kappa shape index (κ3) is 3.28. The molecule has 7 heteroatoms. The molecule has 2 saturated heterocycles. The minimum Gasteiger partial charge on any atom is -0.444 e. The first-order valence-electron chi connectivity index (χ1n) is 8.46. The molecule has 2 heterocycles. The summed E-state index contributed by atoms with van der Waals surface area (Å²) in [6.07, 6.45) is 1.81. The number of hydrogen-bond donors (Lipinski definition) is 0. The molecular formula is C17H24N2O4S. The van der Waals surface area contributed by atoms with Gasteiger partial charge in [-0.3, -0.25) is 0 Å². The van der Waals surface area contributed by atoms with E-state index in [9.17, 15) is 13.2 Å². The number of benzene rings is 1. The van der Waals surface area contributed by atoms with Gasteiger partial charge in [0.05, 0.1) is 11.4 Å². The smallest absolute Gasteiger partial charge is 0.410 e. The number of piperidine rings is 1. The highest BCUT2D eigenvalue weighted by molar-refractivity contribution is 7.89. The Morgan fingerprint density at radius 1 is 1.17 bits per heavy atom. The average Bonchev–Trinajstić information content (AvgIpc) is 2.96. The maximum Gasteiger partial charge on any atom is 0.410 e. The Kier molecular flexibility index (Phi) is 4.83. The summed E-state index contributed by atoms with van der Waals surface area (Å²) in [5.74, 6) is 0. The fraction of sp³-hybridized carbons (Fsp3) is 0.588. The summed E-state index contributed by atoms with van der Waals surface area (Å²) in [6, 6.07) is 7.00. The third-order valence-corrected chi connectivity index (χ3v) is 6.79. The summed E-state index contributed by atoms with van der Waals surface area (Å²) >= 11 is 0. The van der Waals surface area contributed by atoms with E-state index in [1.165, 1.54) is 4.31 Å². The van der Waals surface area contributed by atoms with E-state index in [2.05, 4.69) is 0 Å². The molecule has 6 nitrogen and oxygen atoms in total. The van der Waals surface area contributed by atoms with Gasteiger partial charge in [-0.05, 0) is 38.3 Å². The number of ether oxygens (including phenoxy) is 1. The fourth-order valence-corrected chi connectivity index (χ4v) is 4.78. The minimum absolute atomic E-state index is 0.0354. The number of rotatable bonds is 4. The van der Waals surface area contributed by atoms with Crippen molar-refractivity contribution < 1.29 is 17.9 Å². The van der Waals surface area contributed by atoms with Gasteiger partial charge < -0.3 is 9.64 Å². The van der Waals surface area contributed by atoms with Crippen LogP contribution >= 0.6 is 0 Å². The molecule has 0 radical (unpaired) electrons. The van der Waals surface area contributed by atoms with Crippen LogP contribution in [0.3, 0.4) is 0 Å². The van der Waals surface area contributed by atoms with E-state index < -0.39 is 10.0 Å². The van der Waals surface area contributed by atoms with Crippen molar-refractivity contribution in [3.8, 4) is 0 Å². The van der Waals surface area contributed by atoms with Gasteiger partial charge in [-0.15, -0.1) is 0 Å². The van der Waals surface area contributed by atoms with Gasteiger partial charge in [-0.2, -0.15) is 4.31 Å². The average molecular weight is 352 g/mol. The predicted octanol–water partition coefficient (Wildman–Crippen LogP) is 2.38. The van der Waals surface area contributed by atoms with Crippen LogP contribution in [0.4, 0.5) is 4.79 Å². The Bertz CT molecular complexity index is 694. The maximum absolute atomic E-state index is 12.7. The van der Waals surface area contributed by atoms with Crippen molar-refractivity contribution in [3.05, 3.63) is 29.8 Å². The SMILES string of the molecule is CCC1CN(C2CCN(S(=O)(=O)c3ccc(C)cc3)CC2)C(=O)O1. The molecule has 0 aromatic heterocycles. The van der Waals surface area contributed by atoms with Gasteiger partial charge in [0, 0.05) is 19.1 Å². The van der Waals surface area contributed by atoms with E-state index in [0.717, 1.165) is 12.0 Å². The van der Waals surface area contributed by atoms with Crippen LogP contribution in [-0.4, -0.2) is 55.5 Å². The molecular weight excluding hydrogens is 328 g/mol. The fourth-order valence-electron chi connectivity index (χ4n) is 3.31. The van der Waals surface area contributed by atoms with Crippen molar-refractivity contribution in [2.45, 2.75) is 50.2 Å². The zero-order valence-corrected chi connectivity index (χ0v) is 15.0. The highest BCUT2D eigenvalue weighted by atomic mass is 32.2. The van der Waals surface area contributed by atoms with Gasteiger partial charge in [0.25, 0.3) is 0 Å². The minimum atomic E-state index is -3.46. The number of amides is 1. The molecule has 24 heavy (non-hydrogen) atoms. The van der Waals surface area contributed by atoms with Crippen molar-refractivity contribution in [1.29, 1.82) is 0 Å². The highest BCUT2D eigenvalue weighted by Crippen LogP contribution is 2.26. The first-order chi connectivity index (χ1) is 11.4. The first-order valence-corrected chi connectivity index (χ1v) is 9.90. The van der Waals surface area contributed by atoms with Gasteiger partial charge in [0.1, 0.15) is 6.10 Å². The molecule has 0 N–H and O–H groups in total. The molecule has 1 unspecified atom stereocenters. The summed E-state index contributed by atoms with van der Waals surface area (Å²) in [7, 11) is -3.46. The topological polar surface area (TPSA) is 66.9 Å². The third-order valence-electron chi connectivity index (χ3n) is 4.88. The number of carbonyl (C=O) groups excluding carboxylic acids is 1. The molecule has 2 aliphatic heterocycles. The molecule has 1 aromatic rings. The summed E-state index contributed by atoms with van der Waals surface area (Å²) in [5.41, 5.74) is 1.03. The number of hydrogen-bond acceptors (Lipinski definition) is 4. The highest BCUT2D eigenvalue weighted by Gasteiger charge is 2.38. The lowest BCUT2D eigenvalue weighted by atomic mass is 10.1. The van der Waals surface area contributed by atoms with Crippen LogP contribution in [0.5, 0.6) is 0 Å². The molecule has 2 fully saturated rings. The molecule has 132 valence electrons. The Morgan fingerprint density at radius 2 is 1.79 bits per heavy atom. The second kappa shape index (κ2) is 6.72. The summed E-state index contributed by atoms with van der Waals surface area (Å²) in [6.45, 7) is 5.41.